The first kappa shape index (κ1) is 20.8. The van der Waals surface area contributed by atoms with Gasteiger partial charge in [0.25, 0.3) is 0 Å². The average molecular weight is 446 g/mol. The number of thiophene rings is 1. The quantitative estimate of drug-likeness (QED) is 0.368. The van der Waals surface area contributed by atoms with E-state index in [9.17, 15) is 4.79 Å². The van der Waals surface area contributed by atoms with Crippen molar-refractivity contribution in [2.24, 2.45) is 0 Å². The molecule has 1 aliphatic rings. The zero-order chi connectivity index (χ0) is 22.3. The minimum Gasteiger partial charge on any atom is -0.444 e. The number of aromatic amines is 1. The summed E-state index contributed by atoms with van der Waals surface area (Å²) in [5, 5.41) is 1.28. The van der Waals surface area contributed by atoms with Gasteiger partial charge in [-0.15, -0.1) is 11.3 Å². The van der Waals surface area contributed by atoms with Crippen molar-refractivity contribution in [2.75, 3.05) is 6.54 Å². The summed E-state index contributed by atoms with van der Waals surface area (Å²) in [7, 11) is 0. The number of likely N-dealkylation sites (tertiary alicyclic amines) is 1. The van der Waals surface area contributed by atoms with Crippen LogP contribution in [0.3, 0.4) is 0 Å². The summed E-state index contributed by atoms with van der Waals surface area (Å²) in [6.07, 6.45) is 3.42. The van der Waals surface area contributed by atoms with E-state index in [0.29, 0.717) is 6.54 Å². The Bertz CT molecular complexity index is 1220. The van der Waals surface area contributed by atoms with E-state index < -0.39 is 5.60 Å². The molecule has 5 rings (SSSR count). The van der Waals surface area contributed by atoms with E-state index >= 15 is 0 Å². The van der Waals surface area contributed by atoms with Crippen LogP contribution >= 0.6 is 11.3 Å². The molecule has 0 spiro atoms. The second-order valence-electron chi connectivity index (χ2n) is 9.24. The van der Waals surface area contributed by atoms with Crippen molar-refractivity contribution in [3.8, 4) is 21.7 Å². The summed E-state index contributed by atoms with van der Waals surface area (Å²) in [4.78, 5) is 23.7. The Labute approximate surface area is 192 Å². The first-order chi connectivity index (χ1) is 15.4. The lowest BCUT2D eigenvalue weighted by molar-refractivity contribution is 0.0218. The fraction of sp³-hybridized carbons (Fsp3) is 0.308. The molecular formula is C26H27N3O2S. The van der Waals surface area contributed by atoms with E-state index in [4.69, 9.17) is 4.74 Å². The Hall–Kier alpha value is -3.12. The van der Waals surface area contributed by atoms with Gasteiger partial charge in [-0.2, -0.15) is 0 Å². The van der Waals surface area contributed by atoms with Gasteiger partial charge in [-0.3, -0.25) is 4.90 Å². The SMILES string of the molecule is CC(C)(C)OC(=O)N1CCCC1c1ncc(-c2ccc(-c3cc4ccccc4s3)cc2)[nH]1. The number of hydrogen-bond donors (Lipinski definition) is 1. The minimum atomic E-state index is -0.505. The van der Waals surface area contributed by atoms with E-state index in [2.05, 4.69) is 64.6 Å². The fourth-order valence-corrected chi connectivity index (χ4v) is 5.25. The molecule has 4 aromatic rings. The van der Waals surface area contributed by atoms with Crippen LogP contribution in [0.5, 0.6) is 0 Å². The summed E-state index contributed by atoms with van der Waals surface area (Å²) in [6.45, 7) is 6.37. The van der Waals surface area contributed by atoms with Gasteiger partial charge in [-0.1, -0.05) is 42.5 Å². The third kappa shape index (κ3) is 4.15. The van der Waals surface area contributed by atoms with E-state index in [1.165, 1.54) is 20.5 Å². The van der Waals surface area contributed by atoms with Crippen molar-refractivity contribution in [1.29, 1.82) is 0 Å². The molecule has 32 heavy (non-hydrogen) atoms. The van der Waals surface area contributed by atoms with E-state index in [0.717, 1.165) is 29.9 Å². The van der Waals surface area contributed by atoms with Crippen molar-refractivity contribution in [2.45, 2.75) is 45.3 Å². The lowest BCUT2D eigenvalue weighted by Gasteiger charge is -2.27. The van der Waals surface area contributed by atoms with Crippen LogP contribution in [0.1, 0.15) is 45.5 Å². The second-order valence-corrected chi connectivity index (χ2v) is 10.3. The van der Waals surface area contributed by atoms with Gasteiger partial charge in [0.15, 0.2) is 0 Å². The predicted octanol–water partition coefficient (Wildman–Crippen LogP) is 7.03. The maximum absolute atomic E-state index is 12.6. The third-order valence-corrected chi connectivity index (χ3v) is 6.86. The van der Waals surface area contributed by atoms with Gasteiger partial charge >= 0.3 is 6.09 Å². The predicted molar refractivity (Wildman–Crippen MR) is 130 cm³/mol. The number of carbonyl (C=O) groups is 1. The Kier molecular flexibility index (Phi) is 5.25. The summed E-state index contributed by atoms with van der Waals surface area (Å²) < 4.78 is 6.89. The van der Waals surface area contributed by atoms with Crippen molar-refractivity contribution in [3.05, 3.63) is 66.6 Å². The maximum atomic E-state index is 12.6. The largest absolute Gasteiger partial charge is 0.444 e. The van der Waals surface area contributed by atoms with Gasteiger partial charge in [0.1, 0.15) is 11.4 Å². The topological polar surface area (TPSA) is 58.2 Å². The molecule has 5 nitrogen and oxygen atoms in total. The number of imidazole rings is 1. The lowest BCUT2D eigenvalue weighted by atomic mass is 10.1. The lowest BCUT2D eigenvalue weighted by Crippen LogP contribution is -2.36. The molecule has 1 fully saturated rings. The molecule has 0 aliphatic carbocycles. The van der Waals surface area contributed by atoms with Crippen LogP contribution in [0, 0.1) is 0 Å². The molecule has 2 aromatic heterocycles. The summed E-state index contributed by atoms with van der Waals surface area (Å²) in [6, 6.07) is 19.2. The highest BCUT2D eigenvalue weighted by molar-refractivity contribution is 7.22. The number of H-pyrrole nitrogens is 1. The maximum Gasteiger partial charge on any atom is 0.410 e. The molecule has 3 heterocycles. The molecule has 1 unspecified atom stereocenters. The van der Waals surface area contributed by atoms with Crippen LogP contribution in [-0.4, -0.2) is 33.1 Å². The molecule has 164 valence electrons. The van der Waals surface area contributed by atoms with Crippen LogP contribution in [0.2, 0.25) is 0 Å². The highest BCUT2D eigenvalue weighted by Crippen LogP contribution is 2.35. The fourth-order valence-electron chi connectivity index (χ4n) is 4.18. The van der Waals surface area contributed by atoms with Gasteiger partial charge in [0, 0.05) is 16.1 Å². The van der Waals surface area contributed by atoms with Crippen molar-refractivity contribution in [3.63, 3.8) is 0 Å². The zero-order valence-corrected chi connectivity index (χ0v) is 19.4. The number of benzene rings is 2. The Balaban J connectivity index is 1.34. The third-order valence-electron chi connectivity index (χ3n) is 5.70. The highest BCUT2D eigenvalue weighted by atomic mass is 32.1. The van der Waals surface area contributed by atoms with E-state index in [1.807, 2.05) is 38.3 Å². The zero-order valence-electron chi connectivity index (χ0n) is 18.6. The molecule has 1 N–H and O–H groups in total. The van der Waals surface area contributed by atoms with E-state index in [1.54, 1.807) is 4.90 Å². The van der Waals surface area contributed by atoms with Gasteiger partial charge < -0.3 is 9.72 Å². The Morgan fingerprint density at radius 1 is 1.12 bits per heavy atom. The smallest absolute Gasteiger partial charge is 0.410 e. The number of carbonyl (C=O) groups excluding carboxylic acids is 1. The number of amides is 1. The number of nitrogens with one attached hydrogen (secondary N) is 1. The van der Waals surface area contributed by atoms with Crippen LogP contribution in [0.25, 0.3) is 31.8 Å². The molecule has 0 bridgehead atoms. The number of rotatable bonds is 3. The number of hydrogen-bond acceptors (Lipinski definition) is 4. The second kappa shape index (κ2) is 8.10. The summed E-state index contributed by atoms with van der Waals surface area (Å²) >= 11 is 1.81. The number of aromatic nitrogens is 2. The molecule has 1 aliphatic heterocycles. The average Bonchev–Trinajstić information content (AvgIpc) is 3.51. The van der Waals surface area contributed by atoms with Gasteiger partial charge in [-0.05, 0) is 62.3 Å². The molecule has 2 aromatic carbocycles. The summed E-state index contributed by atoms with van der Waals surface area (Å²) in [5.74, 6) is 0.817. The first-order valence-corrected chi connectivity index (χ1v) is 11.8. The molecule has 0 saturated carbocycles. The molecule has 1 saturated heterocycles. The normalized spacial score (nSPS) is 16.6. The number of fused-ring (bicyclic) bond motifs is 1. The number of ether oxygens (including phenoxy) is 1. The Morgan fingerprint density at radius 2 is 1.88 bits per heavy atom. The minimum absolute atomic E-state index is 0.0728. The molecule has 1 atom stereocenters. The molecular weight excluding hydrogens is 418 g/mol. The standard InChI is InChI=1S/C26H27N3O2S/c1-26(2,3)31-25(30)29-14-6-8-21(29)24-27-16-20(28-24)17-10-12-18(13-11-17)23-15-19-7-4-5-9-22(19)32-23/h4-5,7,9-13,15-16,21H,6,8,14H2,1-3H3,(H,27,28). The van der Waals surface area contributed by atoms with Crippen LogP contribution < -0.4 is 0 Å². The summed E-state index contributed by atoms with van der Waals surface area (Å²) in [5.41, 5.74) is 2.74. The van der Waals surface area contributed by atoms with Gasteiger partial charge in [-0.25, -0.2) is 9.78 Å². The number of nitrogens with zero attached hydrogens (tertiary/aromatic N) is 2. The van der Waals surface area contributed by atoms with Crippen molar-refractivity contribution < 1.29 is 9.53 Å². The van der Waals surface area contributed by atoms with E-state index in [-0.39, 0.29) is 12.1 Å². The first-order valence-electron chi connectivity index (χ1n) is 11.0. The van der Waals surface area contributed by atoms with Crippen LogP contribution in [-0.2, 0) is 4.74 Å². The molecule has 0 radical (unpaired) electrons. The van der Waals surface area contributed by atoms with Gasteiger partial charge in [0.2, 0.25) is 0 Å². The van der Waals surface area contributed by atoms with Crippen LogP contribution in [0.4, 0.5) is 4.79 Å². The molecule has 1 amide bonds. The van der Waals surface area contributed by atoms with Crippen molar-refractivity contribution >= 4 is 27.5 Å². The van der Waals surface area contributed by atoms with Gasteiger partial charge in [0.05, 0.1) is 17.9 Å². The monoisotopic (exact) mass is 445 g/mol. The Morgan fingerprint density at radius 3 is 2.62 bits per heavy atom. The van der Waals surface area contributed by atoms with Crippen molar-refractivity contribution in [1.82, 2.24) is 14.9 Å². The molecule has 6 heteroatoms. The highest BCUT2D eigenvalue weighted by Gasteiger charge is 2.34. The van der Waals surface area contributed by atoms with Crippen LogP contribution in [0.15, 0.2) is 60.8 Å².